The summed E-state index contributed by atoms with van der Waals surface area (Å²) < 4.78 is 27.5. The van der Waals surface area contributed by atoms with E-state index in [0.29, 0.717) is 17.1 Å². The van der Waals surface area contributed by atoms with Gasteiger partial charge in [0, 0.05) is 22.1 Å². The fraction of sp³-hybridized carbons (Fsp3) is 0.219. The van der Waals surface area contributed by atoms with Gasteiger partial charge in [-0.2, -0.15) is 0 Å². The largest absolute Gasteiger partial charge is 0.497 e. The summed E-state index contributed by atoms with van der Waals surface area (Å²) in [6.07, 6.45) is 1.97. The van der Waals surface area contributed by atoms with Crippen LogP contribution in [0.4, 0.5) is 0 Å². The molecule has 4 rings (SSSR count). The highest BCUT2D eigenvalue weighted by Crippen LogP contribution is 2.51. The van der Waals surface area contributed by atoms with Crippen molar-refractivity contribution in [3.05, 3.63) is 77.9 Å². The Morgan fingerprint density at radius 3 is 1.62 bits per heavy atom. The zero-order valence-corrected chi connectivity index (χ0v) is 24.0. The van der Waals surface area contributed by atoms with E-state index < -0.39 is 5.97 Å². The maximum atomic E-state index is 13.3. The highest BCUT2D eigenvalue weighted by atomic mass is 32.2. The topological polar surface area (TPSA) is 63.2 Å². The predicted molar refractivity (Wildman–Crippen MR) is 157 cm³/mol. The van der Waals surface area contributed by atoms with Crippen molar-refractivity contribution < 1.29 is 28.5 Å². The van der Waals surface area contributed by atoms with Gasteiger partial charge in [0.1, 0.15) is 23.0 Å². The molecule has 202 valence electrons. The summed E-state index contributed by atoms with van der Waals surface area (Å²) in [6, 6.07) is 21.5. The minimum atomic E-state index is -0.401. The van der Waals surface area contributed by atoms with Crippen LogP contribution in [0, 0.1) is 6.92 Å². The number of thioether (sulfide) groups is 1. The van der Waals surface area contributed by atoms with E-state index in [1.165, 1.54) is 18.9 Å². The molecule has 0 saturated heterocycles. The number of hydrogen-bond acceptors (Lipinski definition) is 7. The number of benzene rings is 4. The van der Waals surface area contributed by atoms with Gasteiger partial charge in [-0.05, 0) is 77.4 Å². The number of carbonyl (C=O) groups is 1. The Hall–Kier alpha value is -4.10. The Balaban J connectivity index is 2.24. The second-order valence-corrected chi connectivity index (χ2v) is 9.49. The second kappa shape index (κ2) is 12.2. The minimum Gasteiger partial charge on any atom is -0.497 e. The number of methoxy groups -OCH3 is 5. The molecule has 0 heterocycles. The molecule has 4 aromatic carbocycles. The van der Waals surface area contributed by atoms with Crippen molar-refractivity contribution in [1.82, 2.24) is 0 Å². The molecular formula is C32H32O6S. The number of ether oxygens (including phenoxy) is 5. The third kappa shape index (κ3) is 5.27. The molecule has 7 heteroatoms. The standard InChI is InChI=1S/C32H32O6S/c1-19-27(25-17-16-24(36-4)18-26(25)37-5)29(20-8-12-22(34-2)13-9-20)30(21-10-14-23(35-3)15-11-21)31(39-7)28(19)32(33)38-6/h8-18H,1-7H3. The molecule has 0 amide bonds. The molecule has 0 aliphatic rings. The molecular weight excluding hydrogens is 512 g/mol. The van der Waals surface area contributed by atoms with E-state index in [9.17, 15) is 4.79 Å². The number of rotatable bonds is 9. The molecule has 0 aliphatic heterocycles. The number of esters is 1. The summed E-state index contributed by atoms with van der Waals surface area (Å²) in [7, 11) is 7.94. The van der Waals surface area contributed by atoms with Crippen molar-refractivity contribution in [1.29, 1.82) is 0 Å². The Morgan fingerprint density at radius 2 is 1.15 bits per heavy atom. The van der Waals surface area contributed by atoms with E-state index in [4.69, 9.17) is 23.7 Å². The van der Waals surface area contributed by atoms with Crippen molar-refractivity contribution in [2.45, 2.75) is 11.8 Å². The predicted octanol–water partition coefficient (Wildman–Crippen LogP) is 7.54. The van der Waals surface area contributed by atoms with Crippen molar-refractivity contribution in [3.8, 4) is 56.4 Å². The van der Waals surface area contributed by atoms with E-state index in [0.717, 1.165) is 55.3 Å². The minimum absolute atomic E-state index is 0.401. The van der Waals surface area contributed by atoms with E-state index in [2.05, 4.69) is 0 Å². The molecule has 0 unspecified atom stereocenters. The molecule has 0 radical (unpaired) electrons. The van der Waals surface area contributed by atoms with Gasteiger partial charge in [-0.25, -0.2) is 4.79 Å². The molecule has 0 spiro atoms. The first-order chi connectivity index (χ1) is 18.9. The van der Waals surface area contributed by atoms with Crippen LogP contribution in [0.3, 0.4) is 0 Å². The highest BCUT2D eigenvalue weighted by molar-refractivity contribution is 7.98. The summed E-state index contributed by atoms with van der Waals surface area (Å²) in [5, 5.41) is 0. The second-order valence-electron chi connectivity index (χ2n) is 8.67. The van der Waals surface area contributed by atoms with Gasteiger partial charge in [-0.3, -0.25) is 0 Å². The van der Waals surface area contributed by atoms with Crippen molar-refractivity contribution in [3.63, 3.8) is 0 Å². The Kier molecular flexibility index (Phi) is 8.72. The first-order valence-electron chi connectivity index (χ1n) is 12.3. The average Bonchev–Trinajstić information content (AvgIpc) is 2.99. The van der Waals surface area contributed by atoms with E-state index in [1.54, 1.807) is 28.4 Å². The molecule has 0 aromatic heterocycles. The summed E-state index contributed by atoms with van der Waals surface area (Å²) >= 11 is 1.51. The number of hydrogen-bond donors (Lipinski definition) is 0. The lowest BCUT2D eigenvalue weighted by Gasteiger charge is -2.25. The summed E-state index contributed by atoms with van der Waals surface area (Å²) in [6.45, 7) is 1.95. The van der Waals surface area contributed by atoms with Crippen LogP contribution in [0.15, 0.2) is 71.6 Å². The highest BCUT2D eigenvalue weighted by Gasteiger charge is 2.29. The van der Waals surface area contributed by atoms with Crippen LogP contribution in [0.1, 0.15) is 15.9 Å². The summed E-state index contributed by atoms with van der Waals surface area (Å²) in [5.74, 6) is 2.39. The Bertz CT molecular complexity index is 1480. The van der Waals surface area contributed by atoms with Gasteiger partial charge < -0.3 is 23.7 Å². The third-order valence-corrected chi connectivity index (χ3v) is 7.55. The normalized spacial score (nSPS) is 10.6. The maximum absolute atomic E-state index is 13.3. The molecule has 6 nitrogen and oxygen atoms in total. The van der Waals surface area contributed by atoms with Crippen LogP contribution >= 0.6 is 11.8 Å². The molecule has 0 saturated carbocycles. The Labute approximate surface area is 233 Å². The van der Waals surface area contributed by atoms with E-state index >= 15 is 0 Å². The first-order valence-corrected chi connectivity index (χ1v) is 13.5. The monoisotopic (exact) mass is 544 g/mol. The van der Waals surface area contributed by atoms with Gasteiger partial charge in [0.15, 0.2) is 0 Å². The van der Waals surface area contributed by atoms with Gasteiger partial charge in [-0.15, -0.1) is 11.8 Å². The van der Waals surface area contributed by atoms with Crippen LogP contribution in [-0.2, 0) is 4.74 Å². The maximum Gasteiger partial charge on any atom is 0.339 e. The fourth-order valence-corrected chi connectivity index (χ4v) is 5.68. The SMILES string of the molecule is COC(=O)c1c(C)c(-c2ccc(OC)cc2OC)c(-c2ccc(OC)cc2)c(-c2ccc(OC)cc2)c1SC. The van der Waals surface area contributed by atoms with E-state index in [1.807, 2.05) is 79.9 Å². The van der Waals surface area contributed by atoms with Gasteiger partial charge in [0.2, 0.25) is 0 Å². The zero-order valence-electron chi connectivity index (χ0n) is 23.2. The Morgan fingerprint density at radius 1 is 0.641 bits per heavy atom. The van der Waals surface area contributed by atoms with Crippen LogP contribution in [0.2, 0.25) is 0 Å². The molecule has 0 fully saturated rings. The van der Waals surface area contributed by atoms with Crippen LogP contribution in [0.25, 0.3) is 33.4 Å². The van der Waals surface area contributed by atoms with Crippen LogP contribution < -0.4 is 18.9 Å². The van der Waals surface area contributed by atoms with Crippen LogP contribution in [-0.4, -0.2) is 47.8 Å². The number of carbonyl (C=O) groups excluding carboxylic acids is 1. The van der Waals surface area contributed by atoms with Crippen molar-refractivity contribution in [2.24, 2.45) is 0 Å². The summed E-state index contributed by atoms with van der Waals surface area (Å²) in [4.78, 5) is 14.2. The molecule has 0 bridgehead atoms. The van der Waals surface area contributed by atoms with Gasteiger partial charge in [0.25, 0.3) is 0 Å². The zero-order chi connectivity index (χ0) is 28.1. The van der Waals surface area contributed by atoms with Crippen molar-refractivity contribution >= 4 is 17.7 Å². The summed E-state index contributed by atoms with van der Waals surface area (Å²) in [5.41, 5.74) is 6.76. The average molecular weight is 545 g/mol. The lowest BCUT2D eigenvalue weighted by molar-refractivity contribution is 0.0596. The smallest absolute Gasteiger partial charge is 0.339 e. The molecule has 0 N–H and O–H groups in total. The molecule has 39 heavy (non-hydrogen) atoms. The van der Waals surface area contributed by atoms with Gasteiger partial charge in [0.05, 0.1) is 41.1 Å². The third-order valence-electron chi connectivity index (χ3n) is 6.73. The molecule has 0 aliphatic carbocycles. The first kappa shape index (κ1) is 27.9. The van der Waals surface area contributed by atoms with Gasteiger partial charge >= 0.3 is 5.97 Å². The van der Waals surface area contributed by atoms with Crippen molar-refractivity contribution in [2.75, 3.05) is 41.8 Å². The lowest BCUT2D eigenvalue weighted by atomic mass is 9.82. The quantitative estimate of drug-likeness (QED) is 0.159. The van der Waals surface area contributed by atoms with Gasteiger partial charge in [-0.1, -0.05) is 24.3 Å². The molecule has 0 atom stereocenters. The van der Waals surface area contributed by atoms with E-state index in [-0.39, 0.29) is 0 Å². The van der Waals surface area contributed by atoms with Crippen LogP contribution in [0.5, 0.6) is 23.0 Å². The molecule has 4 aromatic rings. The lowest BCUT2D eigenvalue weighted by Crippen LogP contribution is -2.10. The fourth-order valence-electron chi connectivity index (χ4n) is 4.82.